The third-order valence-corrected chi connectivity index (χ3v) is 3.19. The lowest BCUT2D eigenvalue weighted by Crippen LogP contribution is -2.45. The second-order valence-corrected chi connectivity index (χ2v) is 6.48. The van der Waals surface area contributed by atoms with E-state index in [0.717, 1.165) is 11.8 Å². The van der Waals surface area contributed by atoms with Crippen LogP contribution in [0.2, 0.25) is 0 Å². The monoisotopic (exact) mass is 271 g/mol. The molecule has 1 aromatic rings. The van der Waals surface area contributed by atoms with E-state index >= 15 is 0 Å². The predicted octanol–water partition coefficient (Wildman–Crippen LogP) is 0.166. The Morgan fingerprint density at radius 1 is 1.28 bits per heavy atom. The van der Waals surface area contributed by atoms with Crippen molar-refractivity contribution in [3.8, 4) is 0 Å². The highest BCUT2D eigenvalue weighted by atomic mass is 32.2. The zero-order valence-corrected chi connectivity index (χ0v) is 11.8. The van der Waals surface area contributed by atoms with Crippen LogP contribution in [0.5, 0.6) is 0 Å². The summed E-state index contributed by atoms with van der Waals surface area (Å²) in [6.45, 7) is 0.599. The maximum absolute atomic E-state index is 11.4. The Kier molecular flexibility index (Phi) is 5.28. The van der Waals surface area contributed by atoms with Crippen molar-refractivity contribution >= 4 is 10.0 Å². The lowest BCUT2D eigenvalue weighted by Gasteiger charge is -2.27. The van der Waals surface area contributed by atoms with Crippen LogP contribution in [0.4, 0.5) is 0 Å². The average Bonchev–Trinajstić information content (AvgIpc) is 2.25. The standard InChI is InChI=1S/C12H21N3O2S/c1-15(2)9-11(13)12(14-18(3,16)17)10-7-5-4-6-8-10/h4-8,11-12,14H,9,13H2,1-3H3/t11-,12+/m1/s1. The van der Waals surface area contributed by atoms with Gasteiger partial charge in [0.25, 0.3) is 0 Å². The second kappa shape index (κ2) is 6.29. The molecule has 0 saturated carbocycles. The van der Waals surface area contributed by atoms with E-state index in [1.165, 1.54) is 0 Å². The van der Waals surface area contributed by atoms with E-state index in [2.05, 4.69) is 4.72 Å². The second-order valence-electron chi connectivity index (χ2n) is 4.70. The van der Waals surface area contributed by atoms with Crippen molar-refractivity contribution in [1.82, 2.24) is 9.62 Å². The molecule has 0 aromatic heterocycles. The molecule has 2 atom stereocenters. The quantitative estimate of drug-likeness (QED) is 0.773. The molecule has 0 saturated heterocycles. The van der Waals surface area contributed by atoms with Crippen LogP contribution in [0.15, 0.2) is 30.3 Å². The van der Waals surface area contributed by atoms with E-state index < -0.39 is 16.1 Å². The summed E-state index contributed by atoms with van der Waals surface area (Å²) in [5.41, 5.74) is 6.96. The van der Waals surface area contributed by atoms with E-state index in [-0.39, 0.29) is 6.04 Å². The van der Waals surface area contributed by atoms with Gasteiger partial charge in [0.1, 0.15) is 0 Å². The third-order valence-electron chi connectivity index (χ3n) is 2.50. The van der Waals surface area contributed by atoms with Crippen LogP contribution in [-0.4, -0.2) is 46.3 Å². The number of nitrogens with two attached hydrogens (primary N) is 1. The molecule has 0 fully saturated rings. The first-order valence-corrected chi connectivity index (χ1v) is 7.61. The molecule has 0 spiro atoms. The van der Waals surface area contributed by atoms with Crippen molar-refractivity contribution in [2.75, 3.05) is 26.9 Å². The summed E-state index contributed by atoms with van der Waals surface area (Å²) in [5, 5.41) is 0. The normalized spacial score (nSPS) is 15.6. The van der Waals surface area contributed by atoms with Gasteiger partial charge in [-0.1, -0.05) is 30.3 Å². The van der Waals surface area contributed by atoms with Gasteiger partial charge >= 0.3 is 0 Å². The molecule has 6 heteroatoms. The largest absolute Gasteiger partial charge is 0.325 e. The summed E-state index contributed by atoms with van der Waals surface area (Å²) in [6, 6.07) is 8.65. The minimum absolute atomic E-state index is 0.308. The Morgan fingerprint density at radius 3 is 2.28 bits per heavy atom. The number of likely N-dealkylation sites (N-methyl/N-ethyl adjacent to an activating group) is 1. The summed E-state index contributed by atoms with van der Waals surface area (Å²) in [7, 11) is 0.509. The van der Waals surface area contributed by atoms with Gasteiger partial charge in [-0.2, -0.15) is 0 Å². The summed E-state index contributed by atoms with van der Waals surface area (Å²) in [6.07, 6.45) is 1.14. The molecule has 0 aliphatic heterocycles. The first kappa shape index (κ1) is 15.1. The van der Waals surface area contributed by atoms with Crippen LogP contribution in [0.25, 0.3) is 0 Å². The zero-order chi connectivity index (χ0) is 13.8. The molecule has 0 unspecified atom stereocenters. The van der Waals surface area contributed by atoms with Gasteiger partial charge in [0.05, 0.1) is 12.3 Å². The van der Waals surface area contributed by atoms with Crippen LogP contribution in [0.3, 0.4) is 0 Å². The van der Waals surface area contributed by atoms with Crippen LogP contribution in [0, 0.1) is 0 Å². The van der Waals surface area contributed by atoms with Gasteiger partial charge < -0.3 is 10.6 Å². The van der Waals surface area contributed by atoms with Crippen LogP contribution < -0.4 is 10.5 Å². The van der Waals surface area contributed by atoms with E-state index in [1.807, 2.05) is 49.3 Å². The maximum atomic E-state index is 11.4. The summed E-state index contributed by atoms with van der Waals surface area (Å²) < 4.78 is 25.4. The maximum Gasteiger partial charge on any atom is 0.209 e. The Labute approximate surface area is 109 Å². The molecular formula is C12H21N3O2S. The Bertz CT molecular complexity index is 459. The number of hydrogen-bond acceptors (Lipinski definition) is 4. The number of sulfonamides is 1. The highest BCUT2D eigenvalue weighted by Gasteiger charge is 2.23. The van der Waals surface area contributed by atoms with Crippen molar-refractivity contribution in [2.45, 2.75) is 12.1 Å². The number of nitrogens with zero attached hydrogens (tertiary/aromatic N) is 1. The number of hydrogen-bond donors (Lipinski definition) is 2. The lowest BCUT2D eigenvalue weighted by molar-refractivity contribution is 0.338. The van der Waals surface area contributed by atoms with Crippen molar-refractivity contribution in [1.29, 1.82) is 0 Å². The molecule has 0 amide bonds. The van der Waals surface area contributed by atoms with Crippen LogP contribution >= 0.6 is 0 Å². The molecule has 1 aromatic carbocycles. The fourth-order valence-electron chi connectivity index (χ4n) is 1.82. The first-order chi connectivity index (χ1) is 8.29. The average molecular weight is 271 g/mol. The topological polar surface area (TPSA) is 75.4 Å². The first-order valence-electron chi connectivity index (χ1n) is 5.72. The summed E-state index contributed by atoms with van der Waals surface area (Å²) >= 11 is 0. The molecular weight excluding hydrogens is 250 g/mol. The summed E-state index contributed by atoms with van der Waals surface area (Å²) in [5.74, 6) is 0. The molecule has 1 rings (SSSR count). The SMILES string of the molecule is CN(C)C[C@@H](N)[C@@H](NS(C)(=O)=O)c1ccccc1. The Morgan fingerprint density at radius 2 is 1.83 bits per heavy atom. The fourth-order valence-corrected chi connectivity index (χ4v) is 2.59. The van der Waals surface area contributed by atoms with Gasteiger partial charge in [-0.05, 0) is 19.7 Å². The van der Waals surface area contributed by atoms with Gasteiger partial charge in [0, 0.05) is 12.6 Å². The Balaban J connectivity index is 2.95. The van der Waals surface area contributed by atoms with Crippen LogP contribution in [-0.2, 0) is 10.0 Å². The fraction of sp³-hybridized carbons (Fsp3) is 0.500. The van der Waals surface area contributed by atoms with Gasteiger partial charge in [-0.15, -0.1) is 0 Å². The predicted molar refractivity (Wildman–Crippen MR) is 73.7 cm³/mol. The molecule has 0 heterocycles. The van der Waals surface area contributed by atoms with Crippen molar-refractivity contribution in [3.05, 3.63) is 35.9 Å². The molecule has 18 heavy (non-hydrogen) atoms. The van der Waals surface area contributed by atoms with Gasteiger partial charge in [-0.25, -0.2) is 13.1 Å². The molecule has 102 valence electrons. The van der Waals surface area contributed by atoms with Crippen molar-refractivity contribution in [2.24, 2.45) is 5.73 Å². The Hall–Kier alpha value is -0.950. The van der Waals surface area contributed by atoms with E-state index in [4.69, 9.17) is 5.73 Å². The molecule has 0 radical (unpaired) electrons. The third kappa shape index (κ3) is 5.14. The zero-order valence-electron chi connectivity index (χ0n) is 11.0. The highest BCUT2D eigenvalue weighted by molar-refractivity contribution is 7.88. The van der Waals surface area contributed by atoms with Crippen molar-refractivity contribution < 1.29 is 8.42 Å². The molecule has 0 aliphatic carbocycles. The number of rotatable bonds is 6. The van der Waals surface area contributed by atoms with Gasteiger partial charge in [0.15, 0.2) is 0 Å². The molecule has 0 bridgehead atoms. The van der Waals surface area contributed by atoms with E-state index in [0.29, 0.717) is 6.54 Å². The lowest BCUT2D eigenvalue weighted by atomic mass is 10.0. The van der Waals surface area contributed by atoms with E-state index in [9.17, 15) is 8.42 Å². The van der Waals surface area contributed by atoms with Crippen LogP contribution in [0.1, 0.15) is 11.6 Å². The molecule has 3 N–H and O–H groups in total. The van der Waals surface area contributed by atoms with Crippen molar-refractivity contribution in [3.63, 3.8) is 0 Å². The van der Waals surface area contributed by atoms with Gasteiger partial charge in [0.2, 0.25) is 10.0 Å². The van der Waals surface area contributed by atoms with Gasteiger partial charge in [-0.3, -0.25) is 0 Å². The number of benzene rings is 1. The smallest absolute Gasteiger partial charge is 0.209 e. The minimum Gasteiger partial charge on any atom is -0.325 e. The van der Waals surface area contributed by atoms with E-state index in [1.54, 1.807) is 0 Å². The minimum atomic E-state index is -3.30. The molecule has 0 aliphatic rings. The summed E-state index contributed by atoms with van der Waals surface area (Å²) in [4.78, 5) is 1.94. The molecule has 5 nitrogen and oxygen atoms in total. The highest BCUT2D eigenvalue weighted by Crippen LogP contribution is 2.16. The number of nitrogens with one attached hydrogen (secondary N) is 1.